The molecule has 2 aromatic carbocycles. The summed E-state index contributed by atoms with van der Waals surface area (Å²) in [5.74, 6) is -0.417. The highest BCUT2D eigenvalue weighted by atomic mass is 32.1. The molecular weight excluding hydrogens is 374 g/mol. The Morgan fingerprint density at radius 2 is 1.82 bits per heavy atom. The number of aromatic amines is 1. The van der Waals surface area contributed by atoms with Crippen molar-refractivity contribution in [1.82, 2.24) is 14.5 Å². The summed E-state index contributed by atoms with van der Waals surface area (Å²) in [6.45, 7) is 1.94. The van der Waals surface area contributed by atoms with Gasteiger partial charge in [0, 0.05) is 13.5 Å². The number of aromatic nitrogens is 2. The van der Waals surface area contributed by atoms with Crippen LogP contribution >= 0.6 is 12.2 Å². The van der Waals surface area contributed by atoms with Crippen LogP contribution in [-0.2, 0) is 11.2 Å². The third-order valence-electron chi connectivity index (χ3n) is 5.10. The van der Waals surface area contributed by atoms with Crippen LogP contribution in [-0.4, -0.2) is 32.0 Å². The van der Waals surface area contributed by atoms with E-state index in [2.05, 4.69) is 4.98 Å². The van der Waals surface area contributed by atoms with Gasteiger partial charge in [-0.05, 0) is 41.9 Å². The molecule has 0 spiro atoms. The lowest BCUT2D eigenvalue weighted by Gasteiger charge is -2.37. The Balaban J connectivity index is 2.02. The molecule has 1 amide bonds. The minimum atomic E-state index is -0.684. The van der Waals surface area contributed by atoms with Gasteiger partial charge >= 0.3 is 0 Å². The second-order valence-electron chi connectivity index (χ2n) is 6.73. The van der Waals surface area contributed by atoms with Gasteiger partial charge in [-0.1, -0.05) is 42.5 Å². The molecule has 0 aliphatic carbocycles. The predicted molar refractivity (Wildman–Crippen MR) is 108 cm³/mol. The number of H-pyrrole nitrogens is 1. The molecule has 0 bridgehead atoms. The molecule has 28 heavy (non-hydrogen) atoms. The normalized spacial score (nSPS) is 15.9. The largest absolute Gasteiger partial charge is 0.494 e. The molecule has 1 aliphatic heterocycles. The molecule has 0 saturated carbocycles. The first-order valence-corrected chi connectivity index (χ1v) is 9.38. The van der Waals surface area contributed by atoms with Gasteiger partial charge in [-0.25, -0.2) is 0 Å². The number of hydrogen-bond acceptors (Lipinski definition) is 4. The lowest BCUT2D eigenvalue weighted by molar-refractivity contribution is -0.130. The van der Waals surface area contributed by atoms with E-state index in [0.29, 0.717) is 18.7 Å². The van der Waals surface area contributed by atoms with Crippen LogP contribution in [0.2, 0.25) is 0 Å². The number of amides is 1. The van der Waals surface area contributed by atoms with Gasteiger partial charge in [-0.15, -0.1) is 0 Å². The van der Waals surface area contributed by atoms with Crippen molar-refractivity contribution in [2.45, 2.75) is 19.4 Å². The number of nitrogens with zero attached hydrogens (tertiary/aromatic N) is 2. The zero-order chi connectivity index (χ0) is 19.8. The molecule has 0 fully saturated rings. The van der Waals surface area contributed by atoms with Crippen molar-refractivity contribution in [2.24, 2.45) is 0 Å². The maximum Gasteiger partial charge on any atom is 0.261 e. The Morgan fingerprint density at radius 1 is 1.14 bits per heavy atom. The number of carbonyl (C=O) groups is 1. The maximum absolute atomic E-state index is 12.9. The highest BCUT2D eigenvalue weighted by Gasteiger charge is 2.35. The zero-order valence-electron chi connectivity index (χ0n) is 15.3. The summed E-state index contributed by atoms with van der Waals surface area (Å²) < 4.78 is 1.51. The Hall–Kier alpha value is -3.19. The zero-order valence-corrected chi connectivity index (χ0v) is 16.1. The van der Waals surface area contributed by atoms with Crippen molar-refractivity contribution in [3.63, 3.8) is 0 Å². The minimum absolute atomic E-state index is 0.0934. The first-order valence-electron chi connectivity index (χ1n) is 8.97. The van der Waals surface area contributed by atoms with E-state index in [1.54, 1.807) is 17.0 Å². The van der Waals surface area contributed by atoms with Gasteiger partial charge in [0.15, 0.2) is 4.77 Å². The van der Waals surface area contributed by atoms with Crippen LogP contribution in [0.5, 0.6) is 5.88 Å². The standard InChI is InChI=1S/C21H19N3O3S/c1-13(25)23-12-11-14-7-5-6-10-16(14)18(23)17-19(26)22-21(28)24(20(17)27)15-8-3-2-4-9-15/h2-10,18,27H,11-12H2,1H3,(H,22,26,28). The summed E-state index contributed by atoms with van der Waals surface area (Å²) in [5.41, 5.74) is 2.13. The van der Waals surface area contributed by atoms with Gasteiger partial charge in [0.2, 0.25) is 11.8 Å². The van der Waals surface area contributed by atoms with Crippen molar-refractivity contribution in [3.8, 4) is 11.6 Å². The number of carbonyl (C=O) groups excluding carboxylic acids is 1. The van der Waals surface area contributed by atoms with Crippen LogP contribution in [0.4, 0.5) is 0 Å². The maximum atomic E-state index is 12.9. The summed E-state index contributed by atoms with van der Waals surface area (Å²) in [4.78, 5) is 29.5. The van der Waals surface area contributed by atoms with E-state index in [0.717, 1.165) is 11.1 Å². The third-order valence-corrected chi connectivity index (χ3v) is 5.38. The summed E-state index contributed by atoms with van der Waals surface area (Å²) >= 11 is 5.30. The van der Waals surface area contributed by atoms with E-state index < -0.39 is 11.6 Å². The number of rotatable bonds is 2. The minimum Gasteiger partial charge on any atom is -0.494 e. The molecule has 7 heteroatoms. The SMILES string of the molecule is CC(=O)N1CCc2ccccc2C1c1c(O)n(-c2ccccc2)c(=S)[nH]c1=O. The van der Waals surface area contributed by atoms with Crippen molar-refractivity contribution < 1.29 is 9.90 Å². The van der Waals surface area contributed by atoms with Crippen LogP contribution in [0.3, 0.4) is 0 Å². The second kappa shape index (κ2) is 7.09. The van der Waals surface area contributed by atoms with E-state index in [1.165, 1.54) is 11.5 Å². The first-order chi connectivity index (χ1) is 13.5. The number of benzene rings is 2. The Labute approximate surface area is 166 Å². The Kier molecular flexibility index (Phi) is 4.60. The molecule has 1 aliphatic rings. The van der Waals surface area contributed by atoms with Gasteiger partial charge in [0.25, 0.3) is 5.56 Å². The quantitative estimate of drug-likeness (QED) is 0.656. The van der Waals surface area contributed by atoms with Crippen LogP contribution < -0.4 is 5.56 Å². The average molecular weight is 393 g/mol. The van der Waals surface area contributed by atoms with Crippen LogP contribution in [0.15, 0.2) is 59.4 Å². The molecule has 1 atom stereocenters. The molecule has 0 saturated heterocycles. The lowest BCUT2D eigenvalue weighted by Crippen LogP contribution is -2.41. The van der Waals surface area contributed by atoms with Crippen LogP contribution in [0.1, 0.15) is 29.7 Å². The molecule has 3 aromatic rings. The van der Waals surface area contributed by atoms with Gasteiger partial charge < -0.3 is 10.0 Å². The van der Waals surface area contributed by atoms with Crippen LogP contribution in [0, 0.1) is 4.77 Å². The number of nitrogens with one attached hydrogen (secondary N) is 1. The van der Waals surface area contributed by atoms with E-state index in [9.17, 15) is 14.7 Å². The highest BCUT2D eigenvalue weighted by molar-refractivity contribution is 7.71. The first kappa shape index (κ1) is 18.2. The Bertz CT molecular complexity index is 1170. The smallest absolute Gasteiger partial charge is 0.261 e. The summed E-state index contributed by atoms with van der Waals surface area (Å²) in [6.07, 6.45) is 0.697. The van der Waals surface area contributed by atoms with Crippen molar-refractivity contribution >= 4 is 18.1 Å². The number of para-hydroxylation sites is 1. The number of aromatic hydroxyl groups is 1. The van der Waals surface area contributed by atoms with Crippen molar-refractivity contribution in [2.75, 3.05) is 6.54 Å². The fraction of sp³-hybridized carbons (Fsp3) is 0.190. The summed E-state index contributed by atoms with van der Waals surface area (Å²) in [7, 11) is 0. The molecule has 2 heterocycles. The fourth-order valence-corrected chi connectivity index (χ4v) is 4.10. The van der Waals surface area contributed by atoms with Gasteiger partial charge in [-0.2, -0.15) is 0 Å². The number of hydrogen-bond donors (Lipinski definition) is 2. The molecular formula is C21H19N3O3S. The summed E-state index contributed by atoms with van der Waals surface area (Å²) in [5, 5.41) is 11.1. The Morgan fingerprint density at radius 3 is 2.54 bits per heavy atom. The lowest BCUT2D eigenvalue weighted by atomic mass is 9.89. The molecule has 4 rings (SSSR count). The van der Waals surface area contributed by atoms with Crippen molar-refractivity contribution in [3.05, 3.63) is 86.4 Å². The van der Waals surface area contributed by atoms with E-state index in [4.69, 9.17) is 12.2 Å². The summed E-state index contributed by atoms with van der Waals surface area (Å²) in [6, 6.07) is 16.1. The number of fused-ring (bicyclic) bond motifs is 1. The topological polar surface area (TPSA) is 78.3 Å². The molecule has 1 aromatic heterocycles. The fourth-order valence-electron chi connectivity index (χ4n) is 3.82. The molecule has 6 nitrogen and oxygen atoms in total. The van der Waals surface area contributed by atoms with Gasteiger partial charge in [0.05, 0.1) is 11.7 Å². The highest BCUT2D eigenvalue weighted by Crippen LogP contribution is 2.37. The monoisotopic (exact) mass is 393 g/mol. The molecule has 142 valence electrons. The van der Waals surface area contributed by atoms with E-state index >= 15 is 0 Å². The van der Waals surface area contributed by atoms with Gasteiger partial charge in [-0.3, -0.25) is 19.1 Å². The van der Waals surface area contributed by atoms with E-state index in [-0.39, 0.29) is 22.1 Å². The van der Waals surface area contributed by atoms with Crippen molar-refractivity contribution in [1.29, 1.82) is 0 Å². The predicted octanol–water partition coefficient (Wildman–Crippen LogP) is 3.09. The van der Waals surface area contributed by atoms with Crippen LogP contribution in [0.25, 0.3) is 5.69 Å². The van der Waals surface area contributed by atoms with Gasteiger partial charge in [0.1, 0.15) is 5.56 Å². The third kappa shape index (κ3) is 2.93. The second-order valence-corrected chi connectivity index (χ2v) is 7.12. The molecule has 1 unspecified atom stereocenters. The molecule has 0 radical (unpaired) electrons. The average Bonchev–Trinajstić information content (AvgIpc) is 2.68. The van der Waals surface area contributed by atoms with E-state index in [1.807, 2.05) is 42.5 Å². The molecule has 2 N–H and O–H groups in total.